The van der Waals surface area contributed by atoms with Gasteiger partial charge < -0.3 is 14.8 Å². The lowest BCUT2D eigenvalue weighted by Gasteiger charge is -2.04. The highest BCUT2D eigenvalue weighted by atomic mass is 79.9. The van der Waals surface area contributed by atoms with Crippen molar-refractivity contribution in [2.75, 3.05) is 5.32 Å². The molecule has 0 aliphatic rings. The largest absolute Gasteiger partial charge is 0.475 e. The first-order valence-corrected chi connectivity index (χ1v) is 8.69. The number of H-pyrrole nitrogens is 1. The third-order valence-corrected chi connectivity index (χ3v) is 4.48. The monoisotopic (exact) mass is 425 g/mol. The third-order valence-electron chi connectivity index (χ3n) is 3.98. The predicted octanol–water partition coefficient (Wildman–Crippen LogP) is 4.54. The van der Waals surface area contributed by atoms with Crippen LogP contribution in [0, 0.1) is 0 Å². The molecule has 0 spiro atoms. The Morgan fingerprint density at radius 1 is 1.11 bits per heavy atom. The number of hydrogen-bond donors (Lipinski definition) is 3. The quantitative estimate of drug-likeness (QED) is 0.444. The van der Waals surface area contributed by atoms with Crippen LogP contribution in [0.2, 0.25) is 0 Å². The lowest BCUT2D eigenvalue weighted by Crippen LogP contribution is -2.12. The predicted molar refractivity (Wildman–Crippen MR) is 103 cm³/mol. The van der Waals surface area contributed by atoms with Gasteiger partial charge in [0.1, 0.15) is 5.76 Å². The zero-order valence-electron chi connectivity index (χ0n) is 13.7. The molecule has 0 saturated heterocycles. The van der Waals surface area contributed by atoms with Gasteiger partial charge in [-0.3, -0.25) is 9.89 Å². The van der Waals surface area contributed by atoms with E-state index in [1.165, 1.54) is 6.07 Å². The molecule has 4 aromatic rings. The Bertz CT molecular complexity index is 1180. The van der Waals surface area contributed by atoms with Crippen LogP contribution in [0.3, 0.4) is 0 Å². The molecule has 0 unspecified atom stereocenters. The molecule has 134 valence electrons. The molecule has 2 heterocycles. The molecule has 0 saturated carbocycles. The zero-order chi connectivity index (χ0) is 19.0. The highest BCUT2D eigenvalue weighted by Crippen LogP contribution is 2.29. The summed E-state index contributed by atoms with van der Waals surface area (Å²) in [6.07, 6.45) is 0. The number of carbonyl (C=O) groups excluding carboxylic acids is 1. The Kier molecular flexibility index (Phi) is 4.25. The summed E-state index contributed by atoms with van der Waals surface area (Å²) in [4.78, 5) is 23.5. The number of benzene rings is 2. The van der Waals surface area contributed by atoms with Crippen molar-refractivity contribution in [3.05, 3.63) is 70.4 Å². The summed E-state index contributed by atoms with van der Waals surface area (Å²) in [5.74, 6) is -0.768. The van der Waals surface area contributed by atoms with Crippen LogP contribution in [-0.2, 0) is 0 Å². The number of nitrogens with zero attached hydrogens (tertiary/aromatic N) is 1. The van der Waals surface area contributed by atoms with Gasteiger partial charge in [-0.05, 0) is 48.5 Å². The number of carbonyl (C=O) groups is 2. The molecular weight excluding hydrogens is 414 g/mol. The average molecular weight is 426 g/mol. The third kappa shape index (κ3) is 3.34. The van der Waals surface area contributed by atoms with Crippen LogP contribution >= 0.6 is 15.9 Å². The van der Waals surface area contributed by atoms with Crippen LogP contribution in [0.5, 0.6) is 0 Å². The number of aromatic carboxylic acids is 1. The number of anilines is 1. The molecule has 4 rings (SSSR count). The molecular formula is C19H12BrN3O4. The zero-order valence-corrected chi connectivity index (χ0v) is 15.3. The van der Waals surface area contributed by atoms with E-state index in [1.807, 2.05) is 6.07 Å². The number of rotatable bonds is 4. The van der Waals surface area contributed by atoms with E-state index < -0.39 is 5.97 Å². The van der Waals surface area contributed by atoms with Crippen LogP contribution in [0.15, 0.2) is 63.5 Å². The Labute approximate surface area is 161 Å². The van der Waals surface area contributed by atoms with Crippen molar-refractivity contribution >= 4 is 44.5 Å². The van der Waals surface area contributed by atoms with E-state index in [2.05, 4.69) is 31.4 Å². The number of furan rings is 1. The molecule has 0 aliphatic heterocycles. The molecule has 2 aromatic heterocycles. The summed E-state index contributed by atoms with van der Waals surface area (Å²) in [5, 5.41) is 19.5. The number of aromatic amines is 1. The van der Waals surface area contributed by atoms with E-state index >= 15 is 0 Å². The standard InChI is InChI=1S/C19H12BrN3O4/c20-12-3-1-2-11(8-12)18(24)21-17-13-9-10(4-5-14(13)22-23-17)15-6-7-16(27-15)19(25)26/h1-9H,(H,25,26)(H2,21,22,23,24). The van der Waals surface area contributed by atoms with Gasteiger partial charge in [0.2, 0.25) is 5.76 Å². The second-order valence-electron chi connectivity index (χ2n) is 5.77. The molecule has 8 heteroatoms. The lowest BCUT2D eigenvalue weighted by molar-refractivity contribution is 0.0663. The number of amides is 1. The van der Waals surface area contributed by atoms with Crippen LogP contribution in [0.4, 0.5) is 5.82 Å². The first-order chi connectivity index (χ1) is 13.0. The molecule has 0 aliphatic carbocycles. The number of aromatic nitrogens is 2. The number of carboxylic acid groups (broad SMARTS) is 1. The summed E-state index contributed by atoms with van der Waals surface area (Å²) < 4.78 is 6.14. The Hall–Kier alpha value is -3.39. The van der Waals surface area contributed by atoms with Crippen molar-refractivity contribution < 1.29 is 19.1 Å². The molecule has 0 atom stereocenters. The molecule has 0 fully saturated rings. The minimum atomic E-state index is -1.13. The van der Waals surface area contributed by atoms with Crippen molar-refractivity contribution in [2.45, 2.75) is 0 Å². The molecule has 1 amide bonds. The number of carboxylic acids is 1. The van der Waals surface area contributed by atoms with Gasteiger partial charge >= 0.3 is 5.97 Å². The Morgan fingerprint density at radius 2 is 1.96 bits per heavy atom. The topological polar surface area (TPSA) is 108 Å². The van der Waals surface area contributed by atoms with Crippen molar-refractivity contribution in [2.24, 2.45) is 0 Å². The minimum Gasteiger partial charge on any atom is -0.475 e. The van der Waals surface area contributed by atoms with E-state index in [4.69, 9.17) is 9.52 Å². The smallest absolute Gasteiger partial charge is 0.371 e. The summed E-state index contributed by atoms with van der Waals surface area (Å²) in [6, 6.07) is 15.4. The number of halogens is 1. The summed E-state index contributed by atoms with van der Waals surface area (Å²) in [7, 11) is 0. The maximum absolute atomic E-state index is 12.5. The van der Waals surface area contributed by atoms with Gasteiger partial charge in [0, 0.05) is 21.0 Å². The fourth-order valence-electron chi connectivity index (χ4n) is 2.68. The van der Waals surface area contributed by atoms with Gasteiger partial charge in [0.05, 0.1) is 5.52 Å². The summed E-state index contributed by atoms with van der Waals surface area (Å²) in [5.41, 5.74) is 1.90. The van der Waals surface area contributed by atoms with Crippen LogP contribution < -0.4 is 5.32 Å². The number of fused-ring (bicyclic) bond motifs is 1. The van der Waals surface area contributed by atoms with Crippen LogP contribution in [0.25, 0.3) is 22.2 Å². The van der Waals surface area contributed by atoms with Gasteiger partial charge in [-0.15, -0.1) is 0 Å². The fraction of sp³-hybridized carbons (Fsp3) is 0. The second kappa shape index (κ2) is 6.73. The van der Waals surface area contributed by atoms with Crippen molar-refractivity contribution in [3.8, 4) is 11.3 Å². The average Bonchev–Trinajstić information content (AvgIpc) is 3.29. The normalized spacial score (nSPS) is 10.9. The van der Waals surface area contributed by atoms with E-state index in [9.17, 15) is 9.59 Å². The van der Waals surface area contributed by atoms with E-state index in [0.717, 1.165) is 9.99 Å². The van der Waals surface area contributed by atoms with Gasteiger partial charge in [0.25, 0.3) is 5.91 Å². The minimum absolute atomic E-state index is 0.138. The lowest BCUT2D eigenvalue weighted by atomic mass is 10.1. The molecule has 2 aromatic carbocycles. The van der Waals surface area contributed by atoms with Crippen LogP contribution in [0.1, 0.15) is 20.9 Å². The van der Waals surface area contributed by atoms with Crippen molar-refractivity contribution in [1.29, 1.82) is 0 Å². The van der Waals surface area contributed by atoms with E-state index in [1.54, 1.807) is 42.5 Å². The maximum atomic E-state index is 12.5. The van der Waals surface area contributed by atoms with E-state index in [-0.39, 0.29) is 11.7 Å². The number of nitrogens with one attached hydrogen (secondary N) is 2. The van der Waals surface area contributed by atoms with E-state index in [0.29, 0.717) is 28.1 Å². The first kappa shape index (κ1) is 17.0. The summed E-state index contributed by atoms with van der Waals surface area (Å²) >= 11 is 3.34. The molecule has 7 nitrogen and oxygen atoms in total. The highest BCUT2D eigenvalue weighted by molar-refractivity contribution is 9.10. The Morgan fingerprint density at radius 3 is 2.70 bits per heavy atom. The Balaban J connectivity index is 1.67. The van der Waals surface area contributed by atoms with Crippen molar-refractivity contribution in [1.82, 2.24) is 10.2 Å². The van der Waals surface area contributed by atoms with Gasteiger partial charge in [-0.1, -0.05) is 22.0 Å². The van der Waals surface area contributed by atoms with Crippen LogP contribution in [-0.4, -0.2) is 27.2 Å². The number of hydrogen-bond acceptors (Lipinski definition) is 4. The molecule has 0 radical (unpaired) electrons. The highest BCUT2D eigenvalue weighted by Gasteiger charge is 2.15. The molecule has 0 bridgehead atoms. The second-order valence-corrected chi connectivity index (χ2v) is 6.68. The van der Waals surface area contributed by atoms with Gasteiger partial charge in [-0.2, -0.15) is 5.10 Å². The first-order valence-electron chi connectivity index (χ1n) is 7.90. The summed E-state index contributed by atoms with van der Waals surface area (Å²) in [6.45, 7) is 0. The van der Waals surface area contributed by atoms with Crippen molar-refractivity contribution in [3.63, 3.8) is 0 Å². The molecule has 27 heavy (non-hydrogen) atoms. The van der Waals surface area contributed by atoms with Gasteiger partial charge in [-0.25, -0.2) is 4.79 Å². The maximum Gasteiger partial charge on any atom is 0.371 e. The SMILES string of the molecule is O=C(Nc1n[nH]c2ccc(-c3ccc(C(=O)O)o3)cc12)c1cccc(Br)c1. The fourth-order valence-corrected chi connectivity index (χ4v) is 3.08. The molecule has 3 N–H and O–H groups in total. The van der Waals surface area contributed by atoms with Gasteiger partial charge in [0.15, 0.2) is 5.82 Å².